The number of halogens is 1. The van der Waals surface area contributed by atoms with Crippen LogP contribution in [0.15, 0.2) is 24.3 Å². The molecule has 0 spiro atoms. The van der Waals surface area contributed by atoms with Crippen molar-refractivity contribution in [1.29, 1.82) is 0 Å². The normalized spacial score (nSPS) is 19.9. The molecule has 7 nitrogen and oxygen atoms in total. The van der Waals surface area contributed by atoms with E-state index in [1.807, 2.05) is 0 Å². The Bertz CT molecular complexity index is 874. The Hall–Kier alpha value is -2.55. The van der Waals surface area contributed by atoms with Gasteiger partial charge in [0.05, 0.1) is 5.92 Å². The fourth-order valence-electron chi connectivity index (χ4n) is 3.64. The molecular weight excluding hydrogens is 381 g/mol. The molecule has 2 amide bonds. The van der Waals surface area contributed by atoms with Gasteiger partial charge in [0.15, 0.2) is 0 Å². The van der Waals surface area contributed by atoms with Gasteiger partial charge in [-0.05, 0) is 37.0 Å². The van der Waals surface area contributed by atoms with Gasteiger partial charge in [-0.15, -0.1) is 10.2 Å². The van der Waals surface area contributed by atoms with Gasteiger partial charge in [0, 0.05) is 32.6 Å². The number of aromatic nitrogens is 2. The summed E-state index contributed by atoms with van der Waals surface area (Å²) in [6.07, 6.45) is 3.11. The Morgan fingerprint density at radius 3 is 2.89 bits per heavy atom. The zero-order valence-corrected chi connectivity index (χ0v) is 16.3. The molecule has 148 valence electrons. The number of nitrogens with zero attached hydrogens (tertiary/aromatic N) is 4. The van der Waals surface area contributed by atoms with Crippen molar-refractivity contribution in [2.45, 2.75) is 32.2 Å². The summed E-state index contributed by atoms with van der Waals surface area (Å²) in [4.78, 5) is 28.2. The fourth-order valence-corrected chi connectivity index (χ4v) is 4.57. The second-order valence-corrected chi connectivity index (χ2v) is 8.08. The standard InChI is InChI=1S/C19H22FN5O2S/c20-15-6-1-4-13(10-15)11-21-17(27)14-5-2-8-24(12-14)18-22-23-19(28-18)25-9-3-7-16(25)26/h1,4,6,10,14H,2-3,5,7-9,11-12H2,(H,21,27)/t14-/m0/s1. The monoisotopic (exact) mass is 403 g/mol. The first-order valence-electron chi connectivity index (χ1n) is 9.51. The van der Waals surface area contributed by atoms with Gasteiger partial charge >= 0.3 is 0 Å². The van der Waals surface area contributed by atoms with Crippen molar-refractivity contribution in [1.82, 2.24) is 15.5 Å². The summed E-state index contributed by atoms with van der Waals surface area (Å²) in [5, 5.41) is 12.7. The number of hydrogen-bond acceptors (Lipinski definition) is 6. The van der Waals surface area contributed by atoms with E-state index >= 15 is 0 Å². The SMILES string of the molecule is O=C(NCc1cccc(F)c1)[C@H]1CCCN(c2nnc(N3CCCC3=O)s2)C1. The van der Waals surface area contributed by atoms with Crippen molar-refractivity contribution in [3.8, 4) is 0 Å². The topological polar surface area (TPSA) is 78.4 Å². The Morgan fingerprint density at radius 1 is 1.25 bits per heavy atom. The van der Waals surface area contributed by atoms with Gasteiger partial charge in [0.1, 0.15) is 5.82 Å². The number of hydrogen-bond donors (Lipinski definition) is 1. The lowest BCUT2D eigenvalue weighted by Gasteiger charge is -2.31. The Morgan fingerprint density at radius 2 is 2.11 bits per heavy atom. The van der Waals surface area contributed by atoms with E-state index in [0.717, 1.165) is 36.5 Å². The number of rotatable bonds is 5. The molecular formula is C19H22FN5O2S. The first-order valence-corrected chi connectivity index (χ1v) is 10.3. The molecule has 0 unspecified atom stereocenters. The molecule has 0 saturated carbocycles. The number of benzene rings is 1. The zero-order valence-electron chi connectivity index (χ0n) is 15.4. The van der Waals surface area contributed by atoms with Gasteiger partial charge in [0.2, 0.25) is 22.1 Å². The van der Waals surface area contributed by atoms with Crippen LogP contribution < -0.4 is 15.1 Å². The highest BCUT2D eigenvalue weighted by Gasteiger charge is 2.30. The van der Waals surface area contributed by atoms with Crippen LogP contribution in [-0.4, -0.2) is 41.6 Å². The van der Waals surface area contributed by atoms with Gasteiger partial charge in [0.25, 0.3) is 0 Å². The van der Waals surface area contributed by atoms with Gasteiger partial charge in [-0.2, -0.15) is 0 Å². The second kappa shape index (κ2) is 8.22. The number of carbonyl (C=O) groups excluding carboxylic acids is 2. The summed E-state index contributed by atoms with van der Waals surface area (Å²) in [5.74, 6) is -0.397. The lowest BCUT2D eigenvalue weighted by molar-refractivity contribution is -0.125. The average molecular weight is 403 g/mol. The molecule has 1 N–H and O–H groups in total. The summed E-state index contributed by atoms with van der Waals surface area (Å²) in [5.41, 5.74) is 0.741. The highest BCUT2D eigenvalue weighted by molar-refractivity contribution is 7.19. The van der Waals surface area contributed by atoms with Gasteiger partial charge in [-0.3, -0.25) is 14.5 Å². The zero-order chi connectivity index (χ0) is 19.5. The maximum atomic E-state index is 13.3. The molecule has 2 aliphatic rings. The molecule has 2 fully saturated rings. The minimum Gasteiger partial charge on any atom is -0.352 e. The minimum atomic E-state index is -0.306. The molecule has 0 bridgehead atoms. The van der Waals surface area contributed by atoms with Crippen LogP contribution in [0.5, 0.6) is 0 Å². The number of anilines is 2. The van der Waals surface area contributed by atoms with Crippen molar-refractivity contribution >= 4 is 33.4 Å². The van der Waals surface area contributed by atoms with Gasteiger partial charge in [-0.1, -0.05) is 23.5 Å². The first kappa shape index (κ1) is 18.8. The van der Waals surface area contributed by atoms with E-state index in [-0.39, 0.29) is 23.5 Å². The fraction of sp³-hybridized carbons (Fsp3) is 0.474. The van der Waals surface area contributed by atoms with Crippen LogP contribution in [0.4, 0.5) is 14.7 Å². The maximum Gasteiger partial charge on any atom is 0.228 e. The van der Waals surface area contributed by atoms with Crippen molar-refractivity contribution in [2.24, 2.45) is 5.92 Å². The third kappa shape index (κ3) is 4.14. The molecule has 2 saturated heterocycles. The van der Waals surface area contributed by atoms with Crippen molar-refractivity contribution in [2.75, 3.05) is 29.4 Å². The van der Waals surface area contributed by atoms with Crippen LogP contribution in [0.3, 0.4) is 0 Å². The lowest BCUT2D eigenvalue weighted by Crippen LogP contribution is -2.43. The van der Waals surface area contributed by atoms with E-state index < -0.39 is 0 Å². The molecule has 1 aromatic carbocycles. The first-order chi connectivity index (χ1) is 13.6. The number of carbonyl (C=O) groups is 2. The van der Waals surface area contributed by atoms with E-state index in [4.69, 9.17) is 0 Å². The van der Waals surface area contributed by atoms with E-state index in [9.17, 15) is 14.0 Å². The van der Waals surface area contributed by atoms with Crippen LogP contribution in [0, 0.1) is 11.7 Å². The van der Waals surface area contributed by atoms with E-state index in [1.165, 1.54) is 23.5 Å². The van der Waals surface area contributed by atoms with Gasteiger partial charge < -0.3 is 10.2 Å². The highest BCUT2D eigenvalue weighted by Crippen LogP contribution is 2.32. The molecule has 0 radical (unpaired) electrons. The summed E-state index contributed by atoms with van der Waals surface area (Å²) in [6.45, 7) is 2.39. The average Bonchev–Trinajstić information content (AvgIpc) is 3.35. The predicted octanol–water partition coefficient (Wildman–Crippen LogP) is 2.34. The van der Waals surface area contributed by atoms with Crippen LogP contribution in [-0.2, 0) is 16.1 Å². The Labute approximate surface area is 166 Å². The van der Waals surface area contributed by atoms with Crippen molar-refractivity contribution in [3.05, 3.63) is 35.6 Å². The second-order valence-electron chi connectivity index (χ2n) is 7.15. The largest absolute Gasteiger partial charge is 0.352 e. The molecule has 2 aliphatic heterocycles. The Balaban J connectivity index is 1.35. The number of amides is 2. The summed E-state index contributed by atoms with van der Waals surface area (Å²) in [7, 11) is 0. The molecule has 0 aliphatic carbocycles. The minimum absolute atomic E-state index is 0.0339. The maximum absolute atomic E-state index is 13.3. The van der Waals surface area contributed by atoms with Crippen LogP contribution in [0.1, 0.15) is 31.2 Å². The highest BCUT2D eigenvalue weighted by atomic mass is 32.1. The molecule has 3 heterocycles. The Kier molecular flexibility index (Phi) is 5.52. The molecule has 9 heteroatoms. The number of piperidine rings is 1. The third-order valence-electron chi connectivity index (χ3n) is 5.13. The summed E-state index contributed by atoms with van der Waals surface area (Å²) < 4.78 is 13.3. The lowest BCUT2D eigenvalue weighted by atomic mass is 9.97. The van der Waals surface area contributed by atoms with Crippen molar-refractivity contribution < 1.29 is 14.0 Å². The predicted molar refractivity (Wildman–Crippen MR) is 105 cm³/mol. The third-order valence-corrected chi connectivity index (χ3v) is 6.13. The van der Waals surface area contributed by atoms with E-state index in [0.29, 0.717) is 31.2 Å². The molecule has 4 rings (SSSR count). The molecule has 1 atom stereocenters. The van der Waals surface area contributed by atoms with E-state index in [2.05, 4.69) is 20.4 Å². The van der Waals surface area contributed by atoms with Gasteiger partial charge in [-0.25, -0.2) is 4.39 Å². The molecule has 2 aromatic rings. The van der Waals surface area contributed by atoms with Crippen LogP contribution >= 0.6 is 11.3 Å². The quantitative estimate of drug-likeness (QED) is 0.829. The molecule has 1 aromatic heterocycles. The number of nitrogens with one attached hydrogen (secondary N) is 1. The van der Waals surface area contributed by atoms with Crippen LogP contribution in [0.25, 0.3) is 0 Å². The smallest absolute Gasteiger partial charge is 0.228 e. The molecule has 28 heavy (non-hydrogen) atoms. The van der Waals surface area contributed by atoms with E-state index in [1.54, 1.807) is 17.0 Å². The van der Waals surface area contributed by atoms with Crippen molar-refractivity contribution in [3.63, 3.8) is 0 Å². The summed E-state index contributed by atoms with van der Waals surface area (Å²) in [6, 6.07) is 6.24. The van der Waals surface area contributed by atoms with Crippen LogP contribution in [0.2, 0.25) is 0 Å². The summed E-state index contributed by atoms with van der Waals surface area (Å²) >= 11 is 1.40.